The van der Waals surface area contributed by atoms with E-state index in [0.717, 1.165) is 5.56 Å². The Morgan fingerprint density at radius 2 is 2.00 bits per heavy atom. The number of halogens is 1. The third-order valence-corrected chi connectivity index (χ3v) is 4.47. The van der Waals surface area contributed by atoms with Crippen LogP contribution in [0.5, 0.6) is 0 Å². The molecule has 1 aromatic carbocycles. The summed E-state index contributed by atoms with van der Waals surface area (Å²) in [4.78, 5) is 10.1. The summed E-state index contributed by atoms with van der Waals surface area (Å²) in [6, 6.07) is 6.32. The number of rotatable bonds is 8. The van der Waals surface area contributed by atoms with Crippen molar-refractivity contribution in [2.75, 3.05) is 18.6 Å². The Hall–Kier alpha value is 0.204. The first kappa shape index (κ1) is 20.2. The molecule has 0 spiro atoms. The van der Waals surface area contributed by atoms with Gasteiger partial charge in [-0.25, -0.2) is 0 Å². The molecule has 0 aromatic heterocycles. The van der Waals surface area contributed by atoms with E-state index in [1.807, 2.05) is 0 Å². The van der Waals surface area contributed by atoms with Crippen LogP contribution < -0.4 is 5.09 Å². The maximum atomic E-state index is 11.8. The second-order valence-electron chi connectivity index (χ2n) is 4.08. The topological polar surface area (TPSA) is 72.2 Å². The van der Waals surface area contributed by atoms with E-state index in [1.165, 1.54) is 12.1 Å². The minimum atomic E-state index is -1.89. The molecule has 1 N–H and O–H groups in total. The van der Waals surface area contributed by atoms with E-state index in [9.17, 15) is 14.7 Å². The van der Waals surface area contributed by atoms with Gasteiger partial charge in [0.25, 0.3) is 5.69 Å². The second kappa shape index (κ2) is 10.9. The number of hydrogen-bond donors (Lipinski definition) is 1. The second-order valence-corrected chi connectivity index (χ2v) is 6.06. The van der Waals surface area contributed by atoms with Crippen LogP contribution in [0.15, 0.2) is 24.3 Å². The summed E-state index contributed by atoms with van der Waals surface area (Å²) in [5.41, 5.74) is 0.978. The quantitative estimate of drug-likeness (QED) is 0.242. The third-order valence-electron chi connectivity index (χ3n) is 2.77. The molecule has 0 bridgehead atoms. The summed E-state index contributed by atoms with van der Waals surface area (Å²) in [7, 11) is -1.89. The van der Waals surface area contributed by atoms with Crippen LogP contribution in [-0.2, 0) is 37.3 Å². The third kappa shape index (κ3) is 6.77. The first-order valence-electron chi connectivity index (χ1n) is 5.94. The molecule has 20 heavy (non-hydrogen) atoms. The zero-order valence-electron chi connectivity index (χ0n) is 11.0. The molecule has 1 radical (unpaired) electrons. The van der Waals surface area contributed by atoms with Gasteiger partial charge in [0.2, 0.25) is 0 Å². The first-order chi connectivity index (χ1) is 9.08. The minimum absolute atomic E-state index is 0. The predicted octanol–water partition coefficient (Wildman–Crippen LogP) is 3.20. The summed E-state index contributed by atoms with van der Waals surface area (Å²) >= 11 is 5.52. The Morgan fingerprint density at radius 3 is 2.45 bits per heavy atom. The molecule has 8 heteroatoms. The van der Waals surface area contributed by atoms with E-state index in [4.69, 9.17) is 11.6 Å². The first-order valence-corrected chi connectivity index (χ1v) is 8.09. The van der Waals surface area contributed by atoms with Gasteiger partial charge >= 0.3 is 0 Å². The van der Waals surface area contributed by atoms with E-state index in [0.29, 0.717) is 25.0 Å². The molecule has 1 aromatic rings. The number of non-ortho nitro benzene ring substituents is 1. The maximum absolute atomic E-state index is 11.8. The molecule has 0 saturated carbocycles. The van der Waals surface area contributed by atoms with Crippen molar-refractivity contribution in [2.24, 2.45) is 0 Å². The van der Waals surface area contributed by atoms with Gasteiger partial charge in [-0.15, -0.1) is 11.6 Å². The van der Waals surface area contributed by atoms with Crippen molar-refractivity contribution in [1.29, 1.82) is 0 Å². The van der Waals surface area contributed by atoms with Crippen molar-refractivity contribution < 1.29 is 42.2 Å². The number of nitro benzene ring substituents is 1. The Labute approximate surface area is 149 Å². The molecule has 0 amide bonds. The summed E-state index contributed by atoms with van der Waals surface area (Å²) in [5, 5.41) is 13.4. The fraction of sp³-hybridized carbons (Fsp3) is 0.417. The van der Waals surface area contributed by atoms with E-state index in [-0.39, 0.29) is 44.3 Å². The molecule has 0 aliphatic carbocycles. The minimum Gasteiger partial charge on any atom is -0.343 e. The van der Waals surface area contributed by atoms with Crippen LogP contribution in [0.2, 0.25) is 0 Å². The van der Waals surface area contributed by atoms with Crippen molar-refractivity contribution in [3.63, 3.8) is 0 Å². The van der Waals surface area contributed by atoms with Crippen LogP contribution in [0, 0.1) is 17.0 Å². The molecule has 1 rings (SSSR count). The van der Waals surface area contributed by atoms with Crippen molar-refractivity contribution in [3.8, 4) is 0 Å². The van der Waals surface area contributed by atoms with Crippen LogP contribution in [0.4, 0.5) is 5.69 Å². The molecule has 0 heterocycles. The van der Waals surface area contributed by atoms with Gasteiger partial charge in [-0.1, -0.05) is 12.1 Å². The van der Waals surface area contributed by atoms with Gasteiger partial charge < -0.3 is 11.5 Å². The predicted molar refractivity (Wildman–Crippen MR) is 78.4 cm³/mol. The van der Waals surface area contributed by atoms with E-state index < -0.39 is 12.9 Å². The SMILES string of the molecule is [CH2-]CC(C[PH](=O)NCCCl)c1ccc([N+](=O)[O-])cc1.[Y]. The van der Waals surface area contributed by atoms with E-state index in [2.05, 4.69) is 12.0 Å². The molecule has 0 aliphatic rings. The van der Waals surface area contributed by atoms with E-state index in [1.54, 1.807) is 12.1 Å². The molecule has 0 fully saturated rings. The Bertz CT molecular complexity index is 445. The summed E-state index contributed by atoms with van der Waals surface area (Å²) in [6.07, 6.45) is 1.08. The standard InChI is InChI=1S/C12H17ClN2O3P.Y/c1-2-10(9-19(18)14-8-7-13)11-3-5-12(6-4-11)15(16)17;/h3-6,10,19H,1-2,7-9H2,(H,14,18);/q-1;. The average molecular weight is 393 g/mol. The molecule has 2 atom stereocenters. The number of hydrogen-bond acceptors (Lipinski definition) is 3. The van der Waals surface area contributed by atoms with Crippen LogP contribution in [-0.4, -0.2) is 23.5 Å². The van der Waals surface area contributed by atoms with Gasteiger partial charge in [0.05, 0.1) is 4.92 Å². The van der Waals surface area contributed by atoms with Crippen LogP contribution >= 0.6 is 19.6 Å². The molecular weight excluding hydrogens is 375 g/mol. The smallest absolute Gasteiger partial charge is 0.269 e. The normalized spacial score (nSPS) is 13.3. The van der Waals surface area contributed by atoms with Crippen molar-refractivity contribution in [1.82, 2.24) is 5.09 Å². The van der Waals surface area contributed by atoms with Gasteiger partial charge in [0.15, 0.2) is 0 Å². The zero-order valence-corrected chi connectivity index (χ0v) is 15.6. The van der Waals surface area contributed by atoms with Crippen LogP contribution in [0.25, 0.3) is 0 Å². The average Bonchev–Trinajstić information content (AvgIpc) is 2.42. The number of nitrogens with zero attached hydrogens (tertiary/aromatic N) is 1. The molecule has 0 saturated heterocycles. The summed E-state index contributed by atoms with van der Waals surface area (Å²) in [6.45, 7) is 4.36. The number of benzene rings is 1. The number of nitro groups is 1. The van der Waals surface area contributed by atoms with E-state index >= 15 is 0 Å². The molecular formula is C12H17ClN2O3PY-. The van der Waals surface area contributed by atoms with Gasteiger partial charge in [0.1, 0.15) is 7.95 Å². The Kier molecular flexibility index (Phi) is 11.0. The molecule has 5 nitrogen and oxygen atoms in total. The zero-order chi connectivity index (χ0) is 14.3. The summed E-state index contributed by atoms with van der Waals surface area (Å²) < 4.78 is 11.8. The number of nitrogens with one attached hydrogen (secondary N) is 1. The van der Waals surface area contributed by atoms with Crippen molar-refractivity contribution in [2.45, 2.75) is 12.3 Å². The van der Waals surface area contributed by atoms with Gasteiger partial charge in [-0.2, -0.15) is 6.42 Å². The summed E-state index contributed by atoms with van der Waals surface area (Å²) in [5.74, 6) is 0.457. The Morgan fingerprint density at radius 1 is 1.40 bits per heavy atom. The van der Waals surface area contributed by atoms with Gasteiger partial charge in [0, 0.05) is 63.4 Å². The van der Waals surface area contributed by atoms with Gasteiger partial charge in [-0.05, 0) is 11.5 Å². The number of alkyl halides is 1. The van der Waals surface area contributed by atoms with Crippen LogP contribution in [0.3, 0.4) is 0 Å². The Balaban J connectivity index is 0.00000361. The van der Waals surface area contributed by atoms with Gasteiger partial charge in [-0.3, -0.25) is 15.2 Å². The van der Waals surface area contributed by atoms with Crippen molar-refractivity contribution >= 4 is 25.2 Å². The molecule has 0 aliphatic heterocycles. The monoisotopic (exact) mass is 392 g/mol. The maximum Gasteiger partial charge on any atom is 0.269 e. The molecule has 109 valence electrons. The molecule has 2 unspecified atom stereocenters. The fourth-order valence-electron chi connectivity index (χ4n) is 1.74. The largest absolute Gasteiger partial charge is 0.343 e. The van der Waals surface area contributed by atoms with Crippen molar-refractivity contribution in [3.05, 3.63) is 46.9 Å². The van der Waals surface area contributed by atoms with Crippen LogP contribution in [0.1, 0.15) is 17.9 Å². The fourth-order valence-corrected chi connectivity index (χ4v) is 3.43.